The highest BCUT2D eigenvalue weighted by molar-refractivity contribution is 6.01. The van der Waals surface area contributed by atoms with Crippen LogP contribution in [-0.4, -0.2) is 28.8 Å². The molecule has 3 aliphatic rings. The minimum atomic E-state index is -0.371. The van der Waals surface area contributed by atoms with E-state index in [1.54, 1.807) is 12.1 Å². The van der Waals surface area contributed by atoms with Crippen LogP contribution in [0.2, 0.25) is 0 Å². The Bertz CT molecular complexity index is 1040. The molecule has 3 unspecified atom stereocenters. The van der Waals surface area contributed by atoms with Crippen LogP contribution in [0.4, 0.5) is 11.4 Å². The zero-order valence-corrected chi connectivity index (χ0v) is 17.7. The summed E-state index contributed by atoms with van der Waals surface area (Å²) < 4.78 is 0. The molecule has 6 nitrogen and oxygen atoms in total. The molecule has 2 aromatic carbocycles. The number of rotatable bonds is 3. The Balaban J connectivity index is 1.50. The lowest BCUT2D eigenvalue weighted by molar-refractivity contribution is -0.384. The Morgan fingerprint density at radius 3 is 2.58 bits per heavy atom. The van der Waals surface area contributed by atoms with Crippen LogP contribution in [0.3, 0.4) is 0 Å². The van der Waals surface area contributed by atoms with Crippen LogP contribution in [0.1, 0.15) is 59.6 Å². The number of non-ortho nitro benzene ring substituents is 1. The molecular formula is C25H27N3O3. The Hall–Kier alpha value is -3.15. The first-order valence-corrected chi connectivity index (χ1v) is 11.1. The Morgan fingerprint density at radius 2 is 1.87 bits per heavy atom. The normalized spacial score (nSPS) is 24.9. The number of likely N-dealkylation sites (tertiary alicyclic amines) is 1. The fourth-order valence-corrected chi connectivity index (χ4v) is 5.32. The van der Waals surface area contributed by atoms with Crippen LogP contribution < -0.4 is 5.32 Å². The molecule has 1 N–H and O–H groups in total. The van der Waals surface area contributed by atoms with Gasteiger partial charge in [0.25, 0.3) is 11.6 Å². The summed E-state index contributed by atoms with van der Waals surface area (Å²) in [7, 11) is 0. The molecule has 5 rings (SSSR count). The number of piperidine rings is 1. The van der Waals surface area contributed by atoms with Crippen molar-refractivity contribution in [2.45, 2.75) is 38.1 Å². The zero-order valence-electron chi connectivity index (χ0n) is 17.7. The number of anilines is 1. The number of carbonyl (C=O) groups is 1. The molecule has 0 spiro atoms. The highest BCUT2D eigenvalue weighted by Crippen LogP contribution is 2.50. The third-order valence-corrected chi connectivity index (χ3v) is 7.16. The third-order valence-electron chi connectivity index (χ3n) is 7.16. The molecule has 1 saturated heterocycles. The topological polar surface area (TPSA) is 75.5 Å². The van der Waals surface area contributed by atoms with Gasteiger partial charge in [-0.1, -0.05) is 43.3 Å². The van der Waals surface area contributed by atoms with Crippen molar-refractivity contribution in [3.8, 4) is 0 Å². The van der Waals surface area contributed by atoms with Gasteiger partial charge in [-0.3, -0.25) is 14.9 Å². The van der Waals surface area contributed by atoms with Gasteiger partial charge in [-0.15, -0.1) is 0 Å². The van der Waals surface area contributed by atoms with E-state index in [4.69, 9.17) is 0 Å². The molecule has 6 heteroatoms. The second kappa shape index (κ2) is 7.84. The minimum absolute atomic E-state index is 0.00336. The summed E-state index contributed by atoms with van der Waals surface area (Å²) in [4.78, 5) is 26.1. The van der Waals surface area contributed by atoms with Crippen molar-refractivity contribution in [3.63, 3.8) is 0 Å². The number of nitro benzene ring substituents is 1. The lowest BCUT2D eigenvalue weighted by Crippen LogP contribution is -2.39. The molecule has 2 heterocycles. The van der Waals surface area contributed by atoms with Crippen LogP contribution in [0.5, 0.6) is 0 Å². The van der Waals surface area contributed by atoms with Gasteiger partial charge in [0.15, 0.2) is 0 Å². The second-order valence-electron chi connectivity index (χ2n) is 9.07. The van der Waals surface area contributed by atoms with E-state index >= 15 is 0 Å². The summed E-state index contributed by atoms with van der Waals surface area (Å²) in [5, 5.41) is 14.7. The highest BCUT2D eigenvalue weighted by Gasteiger charge is 2.39. The lowest BCUT2D eigenvalue weighted by Gasteiger charge is -2.39. The van der Waals surface area contributed by atoms with E-state index in [1.807, 2.05) is 29.2 Å². The van der Waals surface area contributed by atoms with Crippen molar-refractivity contribution in [3.05, 3.63) is 81.4 Å². The number of nitro groups is 1. The van der Waals surface area contributed by atoms with Gasteiger partial charge in [0.2, 0.25) is 0 Å². The number of carbonyl (C=O) groups excluding carboxylic acids is 1. The van der Waals surface area contributed by atoms with Crippen molar-refractivity contribution >= 4 is 17.3 Å². The van der Waals surface area contributed by atoms with Crippen LogP contribution >= 0.6 is 0 Å². The Kier molecular flexibility index (Phi) is 5.00. The summed E-state index contributed by atoms with van der Waals surface area (Å²) in [5.41, 5.74) is 3.94. The van der Waals surface area contributed by atoms with Crippen molar-refractivity contribution in [2.24, 2.45) is 11.8 Å². The van der Waals surface area contributed by atoms with E-state index in [0.29, 0.717) is 11.8 Å². The van der Waals surface area contributed by atoms with Crippen LogP contribution in [0.25, 0.3) is 0 Å². The monoisotopic (exact) mass is 417 g/mol. The maximum atomic E-state index is 13.4. The standard InChI is InChI=1S/C25H27N3O3/c1-16-12-14-27(15-13-16)25(29)22-7-3-6-21-19-4-2-5-20(19)23(26-24(21)22)17-8-10-18(11-9-17)28(30)31/h2-4,6-11,16,19-20,23,26H,5,12-15H2,1H3. The molecule has 2 aliphatic heterocycles. The first-order chi connectivity index (χ1) is 15.0. The minimum Gasteiger partial charge on any atom is -0.377 e. The third kappa shape index (κ3) is 3.50. The predicted octanol–water partition coefficient (Wildman–Crippen LogP) is 5.29. The highest BCUT2D eigenvalue weighted by atomic mass is 16.6. The quantitative estimate of drug-likeness (QED) is 0.418. The number of hydrogen-bond acceptors (Lipinski definition) is 4. The molecule has 2 aromatic rings. The molecule has 1 amide bonds. The smallest absolute Gasteiger partial charge is 0.269 e. The van der Waals surface area contributed by atoms with Gasteiger partial charge in [0.1, 0.15) is 0 Å². The number of amides is 1. The number of benzene rings is 2. The fourth-order valence-electron chi connectivity index (χ4n) is 5.32. The summed E-state index contributed by atoms with van der Waals surface area (Å²) in [6.07, 6.45) is 7.51. The number of nitrogens with zero attached hydrogens (tertiary/aromatic N) is 2. The maximum Gasteiger partial charge on any atom is 0.269 e. The molecule has 160 valence electrons. The van der Waals surface area contributed by atoms with E-state index in [9.17, 15) is 14.9 Å². The largest absolute Gasteiger partial charge is 0.377 e. The van der Waals surface area contributed by atoms with E-state index in [2.05, 4.69) is 30.5 Å². The average molecular weight is 418 g/mol. The molecule has 1 aliphatic carbocycles. The van der Waals surface area contributed by atoms with Gasteiger partial charge in [0.05, 0.1) is 22.2 Å². The zero-order chi connectivity index (χ0) is 21.5. The van der Waals surface area contributed by atoms with Crippen LogP contribution in [0.15, 0.2) is 54.6 Å². The molecular weight excluding hydrogens is 390 g/mol. The Morgan fingerprint density at radius 1 is 1.13 bits per heavy atom. The van der Waals surface area contributed by atoms with Gasteiger partial charge in [-0.2, -0.15) is 0 Å². The van der Waals surface area contributed by atoms with Crippen molar-refractivity contribution in [2.75, 3.05) is 18.4 Å². The summed E-state index contributed by atoms with van der Waals surface area (Å²) in [5.74, 6) is 1.34. The number of allylic oxidation sites excluding steroid dienone is 2. The molecule has 0 saturated carbocycles. The van der Waals surface area contributed by atoms with E-state index in [0.717, 1.165) is 49.2 Å². The predicted molar refractivity (Wildman–Crippen MR) is 120 cm³/mol. The van der Waals surface area contributed by atoms with Crippen molar-refractivity contribution in [1.82, 2.24) is 4.90 Å². The van der Waals surface area contributed by atoms with Gasteiger partial charge >= 0.3 is 0 Å². The fraction of sp³-hybridized carbons (Fsp3) is 0.400. The summed E-state index contributed by atoms with van der Waals surface area (Å²) in [6, 6.07) is 12.9. The van der Waals surface area contributed by atoms with Crippen LogP contribution in [0, 0.1) is 22.0 Å². The first kappa shape index (κ1) is 19.8. The average Bonchev–Trinajstić information content (AvgIpc) is 3.28. The summed E-state index contributed by atoms with van der Waals surface area (Å²) in [6.45, 7) is 3.86. The molecule has 0 radical (unpaired) electrons. The van der Waals surface area contributed by atoms with Gasteiger partial charge in [0, 0.05) is 31.1 Å². The second-order valence-corrected chi connectivity index (χ2v) is 9.07. The van der Waals surface area contributed by atoms with E-state index < -0.39 is 0 Å². The number of para-hydroxylation sites is 1. The van der Waals surface area contributed by atoms with Gasteiger partial charge in [-0.05, 0) is 48.3 Å². The molecule has 1 fully saturated rings. The van der Waals surface area contributed by atoms with Crippen molar-refractivity contribution < 1.29 is 9.72 Å². The molecule has 0 aromatic heterocycles. The molecule has 31 heavy (non-hydrogen) atoms. The first-order valence-electron chi connectivity index (χ1n) is 11.1. The van der Waals surface area contributed by atoms with Crippen molar-refractivity contribution in [1.29, 1.82) is 0 Å². The molecule has 3 atom stereocenters. The van der Waals surface area contributed by atoms with E-state index in [1.165, 1.54) is 5.56 Å². The Labute approximate surface area is 182 Å². The maximum absolute atomic E-state index is 13.4. The SMILES string of the molecule is CC1CCN(C(=O)c2cccc3c2NC(c2ccc([N+](=O)[O-])cc2)C2CC=CC32)CC1. The van der Waals surface area contributed by atoms with E-state index in [-0.39, 0.29) is 28.5 Å². The molecule has 0 bridgehead atoms. The number of nitrogens with one attached hydrogen (secondary N) is 1. The van der Waals surface area contributed by atoms with Crippen LogP contribution in [-0.2, 0) is 0 Å². The summed E-state index contributed by atoms with van der Waals surface area (Å²) >= 11 is 0. The lowest BCUT2D eigenvalue weighted by atomic mass is 9.76. The van der Waals surface area contributed by atoms with Gasteiger partial charge in [-0.25, -0.2) is 0 Å². The number of hydrogen-bond donors (Lipinski definition) is 1. The van der Waals surface area contributed by atoms with Gasteiger partial charge < -0.3 is 10.2 Å². The number of fused-ring (bicyclic) bond motifs is 3.